The summed E-state index contributed by atoms with van der Waals surface area (Å²) in [5.41, 5.74) is 0. The normalized spacial score (nSPS) is 14.2. The highest BCUT2D eigenvalue weighted by Gasteiger charge is 2.30. The number of hydrogen-bond acceptors (Lipinski definition) is 15. The number of esters is 4. The fourth-order valence-electron chi connectivity index (χ4n) is 10.4. The smallest absolute Gasteiger partial charge is 0.462 e. The highest BCUT2D eigenvalue weighted by Crippen LogP contribution is 2.45. The van der Waals surface area contributed by atoms with Crippen molar-refractivity contribution in [3.8, 4) is 0 Å². The van der Waals surface area contributed by atoms with Gasteiger partial charge in [-0.2, -0.15) is 0 Å². The van der Waals surface area contributed by atoms with Gasteiger partial charge in [0.2, 0.25) is 0 Å². The molecule has 0 aromatic carbocycles. The SMILES string of the molecule is CCCCCCCCCCCCCCCC(=O)OC[C@H](COP(=O)(O)OC[C@@H](O)COP(=O)(O)OC[C@@H](COC(=O)CCCCCCCCCCCC)OC(=O)CCCCCCCCCCC(C)C)OC(=O)CCCCCCCCCCCCCC(C)C. The van der Waals surface area contributed by atoms with E-state index in [2.05, 4.69) is 41.5 Å². The zero-order valence-electron chi connectivity index (χ0n) is 57.0. The van der Waals surface area contributed by atoms with Crippen molar-refractivity contribution < 1.29 is 80.2 Å². The van der Waals surface area contributed by atoms with Gasteiger partial charge in [-0.1, -0.05) is 298 Å². The average Bonchev–Trinajstić information content (AvgIpc) is 3.63. The lowest BCUT2D eigenvalue weighted by Crippen LogP contribution is -2.30. The predicted octanol–water partition coefficient (Wildman–Crippen LogP) is 19.6. The van der Waals surface area contributed by atoms with Crippen molar-refractivity contribution in [2.45, 2.75) is 368 Å². The molecule has 3 N–H and O–H groups in total. The van der Waals surface area contributed by atoms with Gasteiger partial charge in [-0.05, 0) is 37.5 Å². The van der Waals surface area contributed by atoms with Crippen LogP contribution in [0.15, 0.2) is 0 Å². The summed E-state index contributed by atoms with van der Waals surface area (Å²) in [4.78, 5) is 72.5. The Morgan fingerprint density at radius 1 is 0.307 bits per heavy atom. The fraction of sp³-hybridized carbons (Fsp3) is 0.942. The highest BCUT2D eigenvalue weighted by atomic mass is 31.2. The van der Waals surface area contributed by atoms with E-state index < -0.39 is 97.5 Å². The number of rotatable bonds is 68. The molecule has 0 spiro atoms. The third-order valence-corrected chi connectivity index (χ3v) is 17.9. The Labute approximate surface area is 537 Å². The van der Waals surface area contributed by atoms with Gasteiger partial charge in [0.25, 0.3) is 0 Å². The van der Waals surface area contributed by atoms with Gasteiger partial charge in [0, 0.05) is 25.7 Å². The molecule has 0 saturated carbocycles. The van der Waals surface area contributed by atoms with Crippen LogP contribution in [0.1, 0.15) is 350 Å². The largest absolute Gasteiger partial charge is 0.472 e. The van der Waals surface area contributed by atoms with E-state index in [1.165, 1.54) is 167 Å². The lowest BCUT2D eigenvalue weighted by Gasteiger charge is -2.21. The zero-order chi connectivity index (χ0) is 65.0. The molecule has 0 aromatic rings. The molecular weight excluding hydrogens is 1160 g/mol. The molecule has 88 heavy (non-hydrogen) atoms. The average molecular weight is 1300 g/mol. The van der Waals surface area contributed by atoms with Crippen LogP contribution < -0.4 is 0 Å². The van der Waals surface area contributed by atoms with Crippen LogP contribution in [0.25, 0.3) is 0 Å². The van der Waals surface area contributed by atoms with Crippen molar-refractivity contribution in [2.24, 2.45) is 11.8 Å². The van der Waals surface area contributed by atoms with Crippen LogP contribution in [-0.2, 0) is 65.4 Å². The van der Waals surface area contributed by atoms with E-state index in [0.717, 1.165) is 102 Å². The summed E-state index contributed by atoms with van der Waals surface area (Å²) in [5.74, 6) is -0.642. The molecular formula is C69H134O17P2. The van der Waals surface area contributed by atoms with E-state index in [-0.39, 0.29) is 25.7 Å². The van der Waals surface area contributed by atoms with Gasteiger partial charge in [-0.15, -0.1) is 0 Å². The minimum atomic E-state index is -4.95. The van der Waals surface area contributed by atoms with E-state index in [0.29, 0.717) is 25.7 Å². The molecule has 0 radical (unpaired) electrons. The Kier molecular flexibility index (Phi) is 59.9. The molecule has 0 amide bonds. The van der Waals surface area contributed by atoms with E-state index >= 15 is 0 Å². The van der Waals surface area contributed by atoms with Gasteiger partial charge in [0.15, 0.2) is 12.2 Å². The monoisotopic (exact) mass is 1300 g/mol. The Hall–Kier alpha value is -1.94. The van der Waals surface area contributed by atoms with E-state index in [1.807, 2.05) is 0 Å². The third kappa shape index (κ3) is 62.8. The summed E-state index contributed by atoms with van der Waals surface area (Å²) in [6.45, 7) is 9.50. The summed E-state index contributed by atoms with van der Waals surface area (Å²) < 4.78 is 68.2. The van der Waals surface area contributed by atoms with Gasteiger partial charge in [-0.25, -0.2) is 9.13 Å². The summed E-state index contributed by atoms with van der Waals surface area (Å²) in [6, 6.07) is 0. The molecule has 0 heterocycles. The Bertz CT molecular complexity index is 1720. The first-order valence-corrected chi connectivity index (χ1v) is 39.0. The minimum Gasteiger partial charge on any atom is -0.462 e. The van der Waals surface area contributed by atoms with E-state index in [9.17, 15) is 43.2 Å². The number of carbonyl (C=O) groups excluding carboxylic acids is 4. The lowest BCUT2D eigenvalue weighted by atomic mass is 10.0. The first kappa shape index (κ1) is 86.1. The number of hydrogen-bond donors (Lipinski definition) is 3. The molecule has 0 aliphatic heterocycles. The van der Waals surface area contributed by atoms with Crippen molar-refractivity contribution in [3.05, 3.63) is 0 Å². The third-order valence-electron chi connectivity index (χ3n) is 16.0. The van der Waals surface area contributed by atoms with Crippen molar-refractivity contribution in [3.63, 3.8) is 0 Å². The van der Waals surface area contributed by atoms with Gasteiger partial charge in [0.05, 0.1) is 26.4 Å². The fourth-order valence-corrected chi connectivity index (χ4v) is 12.0. The summed E-state index contributed by atoms with van der Waals surface area (Å²) in [7, 11) is -9.90. The van der Waals surface area contributed by atoms with Gasteiger partial charge in [-0.3, -0.25) is 37.3 Å². The highest BCUT2D eigenvalue weighted by molar-refractivity contribution is 7.47. The number of aliphatic hydroxyl groups is 1. The van der Waals surface area contributed by atoms with Crippen LogP contribution >= 0.6 is 15.6 Å². The van der Waals surface area contributed by atoms with Gasteiger partial charge >= 0.3 is 39.5 Å². The van der Waals surface area contributed by atoms with Crippen LogP contribution in [0.2, 0.25) is 0 Å². The van der Waals surface area contributed by atoms with E-state index in [4.69, 9.17) is 37.0 Å². The van der Waals surface area contributed by atoms with Crippen LogP contribution in [0.5, 0.6) is 0 Å². The quantitative estimate of drug-likeness (QED) is 0.0222. The number of ether oxygens (including phenoxy) is 4. The van der Waals surface area contributed by atoms with Crippen LogP contribution in [0.4, 0.5) is 0 Å². The molecule has 0 fully saturated rings. The molecule has 17 nitrogen and oxygen atoms in total. The van der Waals surface area contributed by atoms with E-state index in [1.54, 1.807) is 0 Å². The molecule has 0 saturated heterocycles. The lowest BCUT2D eigenvalue weighted by molar-refractivity contribution is -0.161. The van der Waals surface area contributed by atoms with Crippen molar-refractivity contribution in [1.29, 1.82) is 0 Å². The molecule has 0 aromatic heterocycles. The minimum absolute atomic E-state index is 0.105. The maximum atomic E-state index is 13.0. The van der Waals surface area contributed by atoms with Gasteiger partial charge < -0.3 is 33.8 Å². The van der Waals surface area contributed by atoms with Crippen molar-refractivity contribution in [2.75, 3.05) is 39.6 Å². The second-order valence-electron chi connectivity index (χ2n) is 25.9. The first-order valence-electron chi connectivity index (χ1n) is 36.0. The predicted molar refractivity (Wildman–Crippen MR) is 354 cm³/mol. The number of unbranched alkanes of at least 4 members (excludes halogenated alkanes) is 38. The van der Waals surface area contributed by atoms with Crippen LogP contribution in [-0.4, -0.2) is 96.7 Å². The Morgan fingerprint density at radius 3 is 0.773 bits per heavy atom. The van der Waals surface area contributed by atoms with Crippen molar-refractivity contribution >= 4 is 39.5 Å². The number of aliphatic hydroxyl groups excluding tert-OH is 1. The summed E-state index contributed by atoms with van der Waals surface area (Å²) in [6.07, 6.45) is 45.7. The molecule has 0 aliphatic carbocycles. The zero-order valence-corrected chi connectivity index (χ0v) is 58.8. The molecule has 0 aliphatic rings. The molecule has 522 valence electrons. The number of phosphoric acid groups is 2. The summed E-state index contributed by atoms with van der Waals surface area (Å²) in [5, 5.41) is 10.6. The second-order valence-corrected chi connectivity index (χ2v) is 28.8. The maximum absolute atomic E-state index is 13.0. The Balaban J connectivity index is 5.25. The van der Waals surface area contributed by atoms with Gasteiger partial charge in [0.1, 0.15) is 19.3 Å². The molecule has 0 rings (SSSR count). The standard InChI is InChI=1S/C69H134O17P2/c1-7-9-11-13-15-17-19-20-23-27-34-40-46-52-67(72)80-57-64(85-68(73)53-47-41-35-28-24-21-22-25-31-37-43-49-61(3)4)59-83-87(75,76)81-55-63(70)56-82-88(77,78)84-60-65(58-79-66(71)51-45-39-33-26-18-16-14-12-10-8-2)86-69(74)54-48-42-36-30-29-32-38-44-50-62(5)6/h61-65,70H,7-60H2,1-6H3,(H,75,76)(H,77,78)/t63-,64-,65-/m1/s1. The molecule has 19 heteroatoms. The molecule has 0 bridgehead atoms. The van der Waals surface area contributed by atoms with Crippen LogP contribution in [0, 0.1) is 11.8 Å². The second kappa shape index (κ2) is 61.3. The summed E-state index contributed by atoms with van der Waals surface area (Å²) >= 11 is 0. The molecule has 2 unspecified atom stereocenters. The Morgan fingerprint density at radius 2 is 0.523 bits per heavy atom. The number of carbonyl (C=O) groups is 4. The van der Waals surface area contributed by atoms with Crippen molar-refractivity contribution in [1.82, 2.24) is 0 Å². The van der Waals surface area contributed by atoms with Crippen LogP contribution in [0.3, 0.4) is 0 Å². The first-order chi connectivity index (χ1) is 42.4. The number of phosphoric ester groups is 2. The maximum Gasteiger partial charge on any atom is 0.472 e. The topological polar surface area (TPSA) is 237 Å². The molecule has 5 atom stereocenters.